The van der Waals surface area contributed by atoms with Gasteiger partial charge in [-0.15, -0.1) is 0 Å². The van der Waals surface area contributed by atoms with Crippen molar-refractivity contribution in [3.05, 3.63) is 0 Å². The molecule has 0 aromatic carbocycles. The molecule has 1 aliphatic heterocycles. The van der Waals surface area contributed by atoms with Gasteiger partial charge < -0.3 is 10.2 Å². The topological polar surface area (TPSA) is 32.3 Å². The molecular weight excluding hydrogens is 260 g/mol. The van der Waals surface area contributed by atoms with Crippen molar-refractivity contribution in [3.63, 3.8) is 0 Å². The van der Waals surface area contributed by atoms with Crippen LogP contribution >= 0.6 is 0 Å². The Morgan fingerprint density at radius 1 is 1.29 bits per heavy atom. The predicted octanol–water partition coefficient (Wildman–Crippen LogP) is 3.58. The number of nitrogens with zero attached hydrogens (tertiary/aromatic N) is 1. The van der Waals surface area contributed by atoms with Crippen molar-refractivity contribution in [3.8, 4) is 0 Å². The summed E-state index contributed by atoms with van der Waals surface area (Å²) in [6.07, 6.45) is 9.91. The molecule has 122 valence electrons. The Bertz CT molecular complexity index is 334. The first-order valence-electron chi connectivity index (χ1n) is 9.08. The second-order valence-electron chi connectivity index (χ2n) is 7.71. The number of carbonyl (C=O) groups is 1. The predicted molar refractivity (Wildman–Crippen MR) is 88.3 cm³/mol. The summed E-state index contributed by atoms with van der Waals surface area (Å²) in [5, 5.41) is 3.44. The Balaban J connectivity index is 1.97. The zero-order valence-corrected chi connectivity index (χ0v) is 14.3. The second kappa shape index (κ2) is 7.62. The molecule has 1 heterocycles. The van der Waals surface area contributed by atoms with Gasteiger partial charge >= 0.3 is 0 Å². The Morgan fingerprint density at radius 3 is 2.62 bits per heavy atom. The van der Waals surface area contributed by atoms with E-state index in [0.717, 1.165) is 44.8 Å². The lowest BCUT2D eigenvalue weighted by atomic mass is 9.77. The normalized spacial score (nSPS) is 25.8. The molecule has 0 spiro atoms. The van der Waals surface area contributed by atoms with Gasteiger partial charge in [0, 0.05) is 13.1 Å². The number of hydrogen-bond donors (Lipinski definition) is 1. The lowest BCUT2D eigenvalue weighted by Crippen LogP contribution is -2.53. The molecule has 3 nitrogen and oxygen atoms in total. The van der Waals surface area contributed by atoms with Gasteiger partial charge in [-0.05, 0) is 56.4 Å². The van der Waals surface area contributed by atoms with Gasteiger partial charge in [0.05, 0.1) is 6.04 Å². The van der Waals surface area contributed by atoms with E-state index in [-0.39, 0.29) is 6.04 Å². The maximum absolute atomic E-state index is 12.7. The minimum Gasteiger partial charge on any atom is -0.341 e. The monoisotopic (exact) mass is 294 g/mol. The first-order valence-corrected chi connectivity index (χ1v) is 9.08. The molecule has 3 heteroatoms. The molecule has 2 fully saturated rings. The van der Waals surface area contributed by atoms with Crippen LogP contribution in [0.15, 0.2) is 0 Å². The minimum atomic E-state index is 0.0798. The molecule has 0 aromatic rings. The molecule has 0 bridgehead atoms. The Hall–Kier alpha value is -0.570. The Kier molecular flexibility index (Phi) is 6.09. The fourth-order valence-electron chi connectivity index (χ4n) is 4.43. The SMILES string of the molecule is CCCNC1CCCN(CC2(CC(C)C)CCCC2)C1=O. The number of nitrogens with one attached hydrogen (secondary N) is 1. The van der Waals surface area contributed by atoms with Crippen LogP contribution in [0.3, 0.4) is 0 Å². The van der Waals surface area contributed by atoms with Gasteiger partial charge in [0.15, 0.2) is 0 Å². The van der Waals surface area contributed by atoms with Gasteiger partial charge in [-0.2, -0.15) is 0 Å². The second-order valence-corrected chi connectivity index (χ2v) is 7.71. The third-order valence-corrected chi connectivity index (χ3v) is 5.20. The molecule has 21 heavy (non-hydrogen) atoms. The molecule has 0 radical (unpaired) electrons. The van der Waals surface area contributed by atoms with E-state index in [4.69, 9.17) is 0 Å². The van der Waals surface area contributed by atoms with Crippen LogP contribution in [0.25, 0.3) is 0 Å². The number of amides is 1. The van der Waals surface area contributed by atoms with Crippen LogP contribution in [0.4, 0.5) is 0 Å². The van der Waals surface area contributed by atoms with Crippen molar-refractivity contribution in [2.45, 2.75) is 78.2 Å². The van der Waals surface area contributed by atoms with Gasteiger partial charge in [0.1, 0.15) is 0 Å². The van der Waals surface area contributed by atoms with Crippen LogP contribution in [-0.2, 0) is 4.79 Å². The van der Waals surface area contributed by atoms with E-state index >= 15 is 0 Å². The zero-order valence-electron chi connectivity index (χ0n) is 14.3. The smallest absolute Gasteiger partial charge is 0.239 e. The van der Waals surface area contributed by atoms with Crippen molar-refractivity contribution < 1.29 is 4.79 Å². The third kappa shape index (κ3) is 4.45. The Labute approximate surface area is 130 Å². The van der Waals surface area contributed by atoms with Crippen molar-refractivity contribution in [2.24, 2.45) is 11.3 Å². The molecule has 1 unspecified atom stereocenters. The maximum Gasteiger partial charge on any atom is 0.239 e. The van der Waals surface area contributed by atoms with E-state index < -0.39 is 0 Å². The molecule has 1 amide bonds. The number of likely N-dealkylation sites (tertiary alicyclic amines) is 1. The summed E-state index contributed by atoms with van der Waals surface area (Å²) >= 11 is 0. The highest BCUT2D eigenvalue weighted by Crippen LogP contribution is 2.44. The Morgan fingerprint density at radius 2 is 2.00 bits per heavy atom. The summed E-state index contributed by atoms with van der Waals surface area (Å²) in [4.78, 5) is 14.9. The largest absolute Gasteiger partial charge is 0.341 e. The number of hydrogen-bond acceptors (Lipinski definition) is 2. The standard InChI is InChI=1S/C18H34N2O/c1-4-11-19-16-8-7-12-20(17(16)21)14-18(13-15(2)3)9-5-6-10-18/h15-16,19H,4-14H2,1-3H3. The van der Waals surface area contributed by atoms with Gasteiger partial charge in [-0.1, -0.05) is 33.6 Å². The van der Waals surface area contributed by atoms with Gasteiger partial charge in [-0.3, -0.25) is 4.79 Å². The molecule has 1 saturated heterocycles. The van der Waals surface area contributed by atoms with E-state index in [1.807, 2.05) is 0 Å². The summed E-state index contributed by atoms with van der Waals surface area (Å²) in [7, 11) is 0. The molecule has 1 N–H and O–H groups in total. The van der Waals surface area contributed by atoms with Gasteiger partial charge in [0.2, 0.25) is 5.91 Å². The quantitative estimate of drug-likeness (QED) is 0.778. The van der Waals surface area contributed by atoms with Crippen molar-refractivity contribution in [1.82, 2.24) is 10.2 Å². The highest BCUT2D eigenvalue weighted by molar-refractivity contribution is 5.82. The molecule has 0 aromatic heterocycles. The van der Waals surface area contributed by atoms with E-state index in [2.05, 4.69) is 31.0 Å². The van der Waals surface area contributed by atoms with Crippen LogP contribution in [-0.4, -0.2) is 36.5 Å². The third-order valence-electron chi connectivity index (χ3n) is 5.20. The fraction of sp³-hybridized carbons (Fsp3) is 0.944. The molecule has 1 aliphatic carbocycles. The van der Waals surface area contributed by atoms with Gasteiger partial charge in [-0.25, -0.2) is 0 Å². The first kappa shape index (κ1) is 16.8. The molecule has 1 atom stereocenters. The number of piperidine rings is 1. The van der Waals surface area contributed by atoms with E-state index in [1.54, 1.807) is 0 Å². The van der Waals surface area contributed by atoms with E-state index in [1.165, 1.54) is 32.1 Å². The molecular formula is C18H34N2O. The summed E-state index contributed by atoms with van der Waals surface area (Å²) < 4.78 is 0. The highest BCUT2D eigenvalue weighted by Gasteiger charge is 2.39. The van der Waals surface area contributed by atoms with Crippen molar-refractivity contribution in [2.75, 3.05) is 19.6 Å². The van der Waals surface area contributed by atoms with E-state index in [0.29, 0.717) is 11.3 Å². The average molecular weight is 294 g/mol. The summed E-state index contributed by atoms with van der Waals surface area (Å²) in [5.74, 6) is 1.10. The molecule has 2 aliphatic rings. The summed E-state index contributed by atoms with van der Waals surface area (Å²) in [5.41, 5.74) is 0.413. The maximum atomic E-state index is 12.7. The first-order chi connectivity index (χ1) is 10.1. The van der Waals surface area contributed by atoms with Crippen LogP contribution in [0, 0.1) is 11.3 Å². The molecule has 1 saturated carbocycles. The van der Waals surface area contributed by atoms with Crippen molar-refractivity contribution >= 4 is 5.91 Å². The van der Waals surface area contributed by atoms with Gasteiger partial charge in [0.25, 0.3) is 0 Å². The van der Waals surface area contributed by atoms with Crippen molar-refractivity contribution in [1.29, 1.82) is 0 Å². The van der Waals surface area contributed by atoms with Crippen LogP contribution in [0.1, 0.15) is 72.1 Å². The summed E-state index contributed by atoms with van der Waals surface area (Å²) in [6, 6.07) is 0.0798. The number of carbonyl (C=O) groups excluding carboxylic acids is 1. The van der Waals surface area contributed by atoms with Crippen LogP contribution in [0.5, 0.6) is 0 Å². The van der Waals surface area contributed by atoms with Crippen LogP contribution < -0.4 is 5.32 Å². The average Bonchev–Trinajstić information content (AvgIpc) is 2.87. The minimum absolute atomic E-state index is 0.0798. The summed E-state index contributed by atoms with van der Waals surface area (Å²) in [6.45, 7) is 9.75. The van der Waals surface area contributed by atoms with E-state index in [9.17, 15) is 4.79 Å². The highest BCUT2D eigenvalue weighted by atomic mass is 16.2. The zero-order chi connectivity index (χ0) is 15.3. The van der Waals surface area contributed by atoms with Crippen LogP contribution in [0.2, 0.25) is 0 Å². The molecule has 2 rings (SSSR count). The lowest BCUT2D eigenvalue weighted by Gasteiger charge is -2.40. The lowest BCUT2D eigenvalue weighted by molar-refractivity contribution is -0.138. The fourth-order valence-corrected chi connectivity index (χ4v) is 4.43. The number of rotatable bonds is 7.